The van der Waals surface area contributed by atoms with Crippen molar-refractivity contribution in [2.45, 2.75) is 40.2 Å². The van der Waals surface area contributed by atoms with E-state index < -0.39 is 5.56 Å². The molecule has 0 saturated carbocycles. The van der Waals surface area contributed by atoms with Crippen LogP contribution < -0.4 is 10.3 Å². The second kappa shape index (κ2) is 8.92. The van der Waals surface area contributed by atoms with E-state index in [1.54, 1.807) is 20.0 Å². The lowest BCUT2D eigenvalue weighted by Gasteiger charge is -2.14. The Balaban J connectivity index is 1.68. The van der Waals surface area contributed by atoms with Crippen LogP contribution in [0.3, 0.4) is 0 Å². The second-order valence-corrected chi connectivity index (χ2v) is 7.95. The lowest BCUT2D eigenvalue weighted by molar-refractivity contribution is 0.287. The molecule has 4 aromatic rings. The van der Waals surface area contributed by atoms with Gasteiger partial charge in [-0.3, -0.25) is 9.36 Å². The summed E-state index contributed by atoms with van der Waals surface area (Å²) in [7, 11) is 0. The van der Waals surface area contributed by atoms with Crippen molar-refractivity contribution in [3.8, 4) is 22.8 Å². The lowest BCUT2D eigenvalue weighted by atomic mass is 10.1. The monoisotopic (exact) mass is 451 g/mol. The maximum absolute atomic E-state index is 13.1. The number of oxazole rings is 1. The third-order valence-electron chi connectivity index (χ3n) is 4.78. The number of rotatable bonds is 6. The molecular weight excluding hydrogens is 430 g/mol. The van der Waals surface area contributed by atoms with Crippen molar-refractivity contribution in [1.29, 1.82) is 0 Å². The van der Waals surface area contributed by atoms with Crippen molar-refractivity contribution in [2.24, 2.45) is 0 Å². The van der Waals surface area contributed by atoms with Crippen molar-refractivity contribution >= 4 is 11.6 Å². The summed E-state index contributed by atoms with van der Waals surface area (Å²) in [5.74, 6) is 1.99. The predicted molar refractivity (Wildman–Crippen MR) is 120 cm³/mol. The number of aryl methyl sites for hydroxylation is 2. The number of nitrogens with zero attached hydrogens (tertiary/aromatic N) is 5. The van der Waals surface area contributed by atoms with Gasteiger partial charge in [0.2, 0.25) is 5.88 Å². The van der Waals surface area contributed by atoms with Crippen molar-refractivity contribution in [3.63, 3.8) is 0 Å². The van der Waals surface area contributed by atoms with Gasteiger partial charge >= 0.3 is 0 Å². The number of aromatic nitrogens is 5. The minimum atomic E-state index is -0.423. The van der Waals surface area contributed by atoms with Crippen LogP contribution in [0.2, 0.25) is 5.02 Å². The molecule has 9 heteroatoms. The van der Waals surface area contributed by atoms with Crippen LogP contribution >= 0.6 is 11.6 Å². The molecule has 4 rings (SSSR count). The third-order valence-corrected chi connectivity index (χ3v) is 5.10. The lowest BCUT2D eigenvalue weighted by Crippen LogP contribution is -2.23. The highest BCUT2D eigenvalue weighted by molar-refractivity contribution is 6.31. The van der Waals surface area contributed by atoms with Gasteiger partial charge < -0.3 is 9.15 Å². The molecule has 8 nitrogen and oxygen atoms in total. The van der Waals surface area contributed by atoms with Crippen molar-refractivity contribution in [3.05, 3.63) is 81.4 Å². The molecule has 1 aromatic carbocycles. The SMILES string of the molecule is Cc1nc(COc2nc(C)n(-c3cccc(-c4ccnc(C(C)C)n4)c3)c(=O)c2Cl)co1. The fraction of sp³-hybridized carbons (Fsp3) is 0.261. The number of benzene rings is 1. The normalized spacial score (nSPS) is 11.2. The van der Waals surface area contributed by atoms with Gasteiger partial charge in [-0.2, -0.15) is 4.98 Å². The first-order valence-electron chi connectivity index (χ1n) is 10.1. The molecule has 3 heterocycles. The van der Waals surface area contributed by atoms with E-state index in [9.17, 15) is 4.79 Å². The van der Waals surface area contributed by atoms with E-state index in [2.05, 4.69) is 19.9 Å². The minimum absolute atomic E-state index is 0.0552. The van der Waals surface area contributed by atoms with Crippen LogP contribution in [0.15, 0.2) is 52.0 Å². The summed E-state index contributed by atoms with van der Waals surface area (Å²) in [5.41, 5.74) is 2.42. The van der Waals surface area contributed by atoms with E-state index in [-0.39, 0.29) is 23.4 Å². The molecular formula is C23H22ClN5O3. The van der Waals surface area contributed by atoms with Crippen molar-refractivity contribution in [1.82, 2.24) is 24.5 Å². The molecule has 0 spiro atoms. The molecule has 0 N–H and O–H groups in total. The van der Waals surface area contributed by atoms with E-state index >= 15 is 0 Å². The summed E-state index contributed by atoms with van der Waals surface area (Å²) in [6.07, 6.45) is 3.23. The van der Waals surface area contributed by atoms with Crippen LogP contribution in [0.4, 0.5) is 0 Å². The molecule has 0 bridgehead atoms. The number of ether oxygens (including phenoxy) is 1. The van der Waals surface area contributed by atoms with E-state index in [1.807, 2.05) is 44.2 Å². The van der Waals surface area contributed by atoms with E-state index in [4.69, 9.17) is 20.8 Å². The molecule has 0 unspecified atom stereocenters. The van der Waals surface area contributed by atoms with Crippen LogP contribution in [0.25, 0.3) is 16.9 Å². The molecule has 3 aromatic heterocycles. The zero-order valence-corrected chi connectivity index (χ0v) is 18.9. The molecule has 0 fully saturated rings. The van der Waals surface area contributed by atoms with Gasteiger partial charge in [-0.15, -0.1) is 0 Å². The number of halogens is 1. The van der Waals surface area contributed by atoms with E-state index in [1.165, 1.54) is 10.8 Å². The Kier molecular flexibility index (Phi) is 6.05. The maximum Gasteiger partial charge on any atom is 0.280 e. The highest BCUT2D eigenvalue weighted by atomic mass is 35.5. The Hall–Kier alpha value is -3.52. The Morgan fingerprint density at radius 3 is 2.69 bits per heavy atom. The Bertz CT molecular complexity index is 1330. The largest absolute Gasteiger partial charge is 0.470 e. The minimum Gasteiger partial charge on any atom is -0.470 e. The molecule has 32 heavy (non-hydrogen) atoms. The molecule has 0 amide bonds. The van der Waals surface area contributed by atoms with E-state index in [0.717, 1.165) is 17.1 Å². The summed E-state index contributed by atoms with van der Waals surface area (Å²) in [6.45, 7) is 7.63. The van der Waals surface area contributed by atoms with Crippen LogP contribution in [-0.4, -0.2) is 24.5 Å². The van der Waals surface area contributed by atoms with Gasteiger partial charge in [-0.25, -0.2) is 15.0 Å². The summed E-state index contributed by atoms with van der Waals surface area (Å²) >= 11 is 6.32. The zero-order chi connectivity index (χ0) is 22.8. The van der Waals surface area contributed by atoms with Gasteiger partial charge in [0.25, 0.3) is 5.56 Å². The third kappa shape index (κ3) is 4.40. The molecule has 0 aliphatic carbocycles. The maximum atomic E-state index is 13.1. The average molecular weight is 452 g/mol. The average Bonchev–Trinajstić information content (AvgIpc) is 3.20. The predicted octanol–water partition coefficient (Wildman–Crippen LogP) is 4.65. The number of hydrogen-bond donors (Lipinski definition) is 0. The summed E-state index contributed by atoms with van der Waals surface area (Å²) in [4.78, 5) is 30.6. The summed E-state index contributed by atoms with van der Waals surface area (Å²) in [6, 6.07) is 9.33. The van der Waals surface area contributed by atoms with Gasteiger partial charge in [-0.05, 0) is 25.1 Å². The van der Waals surface area contributed by atoms with Gasteiger partial charge in [0.1, 0.15) is 30.2 Å². The van der Waals surface area contributed by atoms with Crippen LogP contribution in [-0.2, 0) is 6.61 Å². The van der Waals surface area contributed by atoms with Gasteiger partial charge in [0, 0.05) is 24.6 Å². The molecule has 0 aliphatic heterocycles. The fourth-order valence-electron chi connectivity index (χ4n) is 3.22. The highest BCUT2D eigenvalue weighted by Gasteiger charge is 2.17. The Labute approximate surface area is 189 Å². The second-order valence-electron chi connectivity index (χ2n) is 7.57. The van der Waals surface area contributed by atoms with Gasteiger partial charge in [-0.1, -0.05) is 37.6 Å². The van der Waals surface area contributed by atoms with Gasteiger partial charge in [0.05, 0.1) is 11.4 Å². The van der Waals surface area contributed by atoms with Crippen molar-refractivity contribution in [2.75, 3.05) is 0 Å². The number of hydrogen-bond acceptors (Lipinski definition) is 7. The smallest absolute Gasteiger partial charge is 0.280 e. The quantitative estimate of drug-likeness (QED) is 0.421. The molecule has 0 radical (unpaired) electrons. The van der Waals surface area contributed by atoms with Crippen molar-refractivity contribution < 1.29 is 9.15 Å². The first kappa shape index (κ1) is 21.7. The fourth-order valence-corrected chi connectivity index (χ4v) is 3.40. The first-order chi connectivity index (χ1) is 15.3. The zero-order valence-electron chi connectivity index (χ0n) is 18.2. The Morgan fingerprint density at radius 1 is 1.16 bits per heavy atom. The summed E-state index contributed by atoms with van der Waals surface area (Å²) in [5, 5.41) is -0.106. The molecule has 0 aliphatic rings. The highest BCUT2D eigenvalue weighted by Crippen LogP contribution is 2.24. The first-order valence-corrected chi connectivity index (χ1v) is 10.5. The van der Waals surface area contributed by atoms with E-state index in [0.29, 0.717) is 23.1 Å². The molecule has 0 atom stereocenters. The topological polar surface area (TPSA) is 95.9 Å². The molecule has 0 saturated heterocycles. The van der Waals surface area contributed by atoms with Crippen LogP contribution in [0.5, 0.6) is 5.88 Å². The van der Waals surface area contributed by atoms with Crippen LogP contribution in [0, 0.1) is 13.8 Å². The van der Waals surface area contributed by atoms with Gasteiger partial charge in [0.15, 0.2) is 10.9 Å². The van der Waals surface area contributed by atoms with Crippen LogP contribution in [0.1, 0.15) is 43.0 Å². The standard InChI is InChI=1S/C23H22ClN5O3/c1-13(2)21-25-9-8-19(28-21)16-6-5-7-18(10-16)29-14(3)26-22(20(24)23(29)30)32-12-17-11-31-15(4)27-17/h5-11,13H,12H2,1-4H3. The Morgan fingerprint density at radius 2 is 1.97 bits per heavy atom. The summed E-state index contributed by atoms with van der Waals surface area (Å²) < 4.78 is 12.2. The molecule has 164 valence electrons.